The number of hydrogen-bond donors (Lipinski definition) is 3. The van der Waals surface area contributed by atoms with E-state index in [1.165, 1.54) is 6.07 Å². The first-order valence-corrected chi connectivity index (χ1v) is 8.62. The van der Waals surface area contributed by atoms with Gasteiger partial charge in [-0.3, -0.25) is 4.99 Å². The Morgan fingerprint density at radius 2 is 1.77 bits per heavy atom. The molecule has 0 aliphatic heterocycles. The van der Waals surface area contributed by atoms with Gasteiger partial charge in [0.1, 0.15) is 11.9 Å². The van der Waals surface area contributed by atoms with Crippen molar-refractivity contribution in [2.45, 2.75) is 26.0 Å². The highest BCUT2D eigenvalue weighted by molar-refractivity contribution is 14.0. The summed E-state index contributed by atoms with van der Waals surface area (Å²) >= 11 is 6.22. The van der Waals surface area contributed by atoms with Crippen molar-refractivity contribution in [3.05, 3.63) is 70.5 Å². The summed E-state index contributed by atoms with van der Waals surface area (Å²) in [4.78, 5) is 4.36. The minimum Gasteiger partial charge on any atom is -0.386 e. The summed E-state index contributed by atoms with van der Waals surface area (Å²) in [6, 6.07) is 13.7. The van der Waals surface area contributed by atoms with Crippen LogP contribution in [0.2, 0.25) is 5.02 Å². The SMILES string of the molecule is CCNC(=NCC(O)c1ccccc1F)NC(C)c1ccccc1Cl.I. The number of aliphatic hydroxyl groups is 1. The zero-order valence-corrected chi connectivity index (χ0v) is 17.8. The molecule has 2 rings (SSSR count). The standard InChI is InChI=1S/C19H23ClFN3O.HI/c1-3-22-19(24-13(2)14-8-4-6-10-16(14)20)23-12-18(25)15-9-5-7-11-17(15)21;/h4-11,13,18,25H,3,12H2,1-2H3,(H2,22,23,24);1H. The number of nitrogens with zero attached hydrogens (tertiary/aromatic N) is 1. The number of nitrogens with one attached hydrogen (secondary N) is 2. The predicted octanol–water partition coefficient (Wildman–Crippen LogP) is 4.45. The molecule has 3 N–H and O–H groups in total. The van der Waals surface area contributed by atoms with Crippen LogP contribution in [0.15, 0.2) is 53.5 Å². The number of aliphatic hydroxyl groups excluding tert-OH is 1. The molecular weight excluding hydrogens is 468 g/mol. The maximum absolute atomic E-state index is 13.7. The van der Waals surface area contributed by atoms with Crippen LogP contribution in [0.3, 0.4) is 0 Å². The lowest BCUT2D eigenvalue weighted by atomic mass is 10.1. The van der Waals surface area contributed by atoms with Crippen LogP contribution < -0.4 is 10.6 Å². The average Bonchev–Trinajstić information content (AvgIpc) is 2.60. The quantitative estimate of drug-likeness (QED) is 0.318. The van der Waals surface area contributed by atoms with Gasteiger partial charge in [0.05, 0.1) is 12.6 Å². The molecule has 0 bridgehead atoms. The molecule has 0 radical (unpaired) electrons. The lowest BCUT2D eigenvalue weighted by Crippen LogP contribution is -2.39. The molecule has 26 heavy (non-hydrogen) atoms. The van der Waals surface area contributed by atoms with Gasteiger partial charge in [0.25, 0.3) is 0 Å². The van der Waals surface area contributed by atoms with E-state index in [1.54, 1.807) is 18.2 Å². The fourth-order valence-electron chi connectivity index (χ4n) is 2.45. The summed E-state index contributed by atoms with van der Waals surface area (Å²) in [6.07, 6.45) is -1.01. The van der Waals surface area contributed by atoms with E-state index in [0.717, 1.165) is 5.56 Å². The van der Waals surface area contributed by atoms with Gasteiger partial charge < -0.3 is 15.7 Å². The van der Waals surface area contributed by atoms with Gasteiger partial charge in [0.2, 0.25) is 0 Å². The van der Waals surface area contributed by atoms with Gasteiger partial charge in [-0.05, 0) is 31.5 Å². The van der Waals surface area contributed by atoms with Gasteiger partial charge in [0.15, 0.2) is 5.96 Å². The Kier molecular flexibility index (Phi) is 9.90. The Hall–Kier alpha value is -1.38. The van der Waals surface area contributed by atoms with E-state index in [0.29, 0.717) is 17.5 Å². The molecule has 142 valence electrons. The average molecular weight is 492 g/mol. The zero-order valence-electron chi connectivity index (χ0n) is 14.7. The lowest BCUT2D eigenvalue weighted by molar-refractivity contribution is 0.182. The molecule has 2 aromatic carbocycles. The van der Waals surface area contributed by atoms with E-state index in [2.05, 4.69) is 15.6 Å². The van der Waals surface area contributed by atoms with Crippen molar-refractivity contribution in [3.63, 3.8) is 0 Å². The van der Waals surface area contributed by atoms with E-state index in [4.69, 9.17) is 11.6 Å². The number of rotatable bonds is 6. The van der Waals surface area contributed by atoms with Crippen LogP contribution in [0, 0.1) is 5.82 Å². The molecule has 4 nitrogen and oxygen atoms in total. The molecule has 0 spiro atoms. The largest absolute Gasteiger partial charge is 0.386 e. The van der Waals surface area contributed by atoms with Crippen molar-refractivity contribution in [1.82, 2.24) is 10.6 Å². The number of benzene rings is 2. The van der Waals surface area contributed by atoms with Gasteiger partial charge in [0, 0.05) is 17.1 Å². The van der Waals surface area contributed by atoms with Crippen molar-refractivity contribution in [2.24, 2.45) is 4.99 Å². The minimum absolute atomic E-state index is 0. The molecule has 0 amide bonds. The Labute approximate surface area is 175 Å². The van der Waals surface area contributed by atoms with Crippen molar-refractivity contribution in [1.29, 1.82) is 0 Å². The molecule has 0 fully saturated rings. The monoisotopic (exact) mass is 491 g/mol. The van der Waals surface area contributed by atoms with Crippen molar-refractivity contribution in [2.75, 3.05) is 13.1 Å². The second-order valence-electron chi connectivity index (χ2n) is 5.64. The zero-order chi connectivity index (χ0) is 18.2. The van der Waals surface area contributed by atoms with E-state index < -0.39 is 11.9 Å². The van der Waals surface area contributed by atoms with Crippen molar-refractivity contribution >= 4 is 41.5 Å². The maximum Gasteiger partial charge on any atom is 0.191 e. The Morgan fingerprint density at radius 3 is 2.38 bits per heavy atom. The summed E-state index contributed by atoms with van der Waals surface area (Å²) < 4.78 is 13.7. The fourth-order valence-corrected chi connectivity index (χ4v) is 2.75. The summed E-state index contributed by atoms with van der Waals surface area (Å²) in [5.41, 5.74) is 1.19. The first-order chi connectivity index (χ1) is 12.0. The molecular formula is C19H24ClFIN3O. The van der Waals surface area contributed by atoms with Crippen LogP contribution in [-0.2, 0) is 0 Å². The van der Waals surface area contributed by atoms with Crippen LogP contribution in [0.1, 0.15) is 37.1 Å². The first kappa shape index (κ1) is 22.7. The van der Waals surface area contributed by atoms with Crippen LogP contribution in [-0.4, -0.2) is 24.2 Å². The fraction of sp³-hybridized carbons (Fsp3) is 0.316. The van der Waals surface area contributed by atoms with Gasteiger partial charge in [-0.1, -0.05) is 48.0 Å². The second-order valence-corrected chi connectivity index (χ2v) is 6.05. The third kappa shape index (κ3) is 6.41. The highest BCUT2D eigenvalue weighted by atomic mass is 127. The van der Waals surface area contributed by atoms with Gasteiger partial charge >= 0.3 is 0 Å². The van der Waals surface area contributed by atoms with Crippen molar-refractivity contribution < 1.29 is 9.50 Å². The third-order valence-electron chi connectivity index (χ3n) is 3.76. The predicted molar refractivity (Wildman–Crippen MR) is 116 cm³/mol. The van der Waals surface area contributed by atoms with E-state index >= 15 is 0 Å². The molecule has 2 aromatic rings. The topological polar surface area (TPSA) is 56.7 Å². The normalized spacial score (nSPS) is 13.5. The first-order valence-electron chi connectivity index (χ1n) is 8.24. The van der Waals surface area contributed by atoms with Crippen LogP contribution in [0.4, 0.5) is 4.39 Å². The Bertz CT molecular complexity index is 729. The molecule has 7 heteroatoms. The Balaban J connectivity index is 0.00000338. The molecule has 0 aromatic heterocycles. The number of guanidine groups is 1. The van der Waals surface area contributed by atoms with Crippen LogP contribution >= 0.6 is 35.6 Å². The van der Waals surface area contributed by atoms with Gasteiger partial charge in [-0.2, -0.15) is 0 Å². The Morgan fingerprint density at radius 1 is 1.15 bits per heavy atom. The summed E-state index contributed by atoms with van der Waals surface area (Å²) in [5.74, 6) is 0.0953. The summed E-state index contributed by atoms with van der Waals surface area (Å²) in [6.45, 7) is 4.63. The summed E-state index contributed by atoms with van der Waals surface area (Å²) in [5, 5.41) is 17.2. The van der Waals surface area contributed by atoms with E-state index in [1.807, 2.05) is 38.1 Å². The smallest absolute Gasteiger partial charge is 0.191 e. The van der Waals surface area contributed by atoms with E-state index in [-0.39, 0.29) is 42.1 Å². The highest BCUT2D eigenvalue weighted by Gasteiger charge is 2.14. The lowest BCUT2D eigenvalue weighted by Gasteiger charge is -2.19. The number of halogens is 3. The molecule has 0 aliphatic carbocycles. The van der Waals surface area contributed by atoms with Crippen LogP contribution in [0.5, 0.6) is 0 Å². The van der Waals surface area contributed by atoms with E-state index in [9.17, 15) is 9.50 Å². The van der Waals surface area contributed by atoms with Crippen molar-refractivity contribution in [3.8, 4) is 0 Å². The second kappa shape index (κ2) is 11.4. The number of aliphatic imine (C=N–C) groups is 1. The molecule has 2 atom stereocenters. The van der Waals surface area contributed by atoms with Crippen LogP contribution in [0.25, 0.3) is 0 Å². The third-order valence-corrected chi connectivity index (χ3v) is 4.10. The molecule has 0 saturated carbocycles. The minimum atomic E-state index is -1.01. The highest BCUT2D eigenvalue weighted by Crippen LogP contribution is 2.22. The molecule has 0 saturated heterocycles. The maximum atomic E-state index is 13.7. The molecule has 2 unspecified atom stereocenters. The van der Waals surface area contributed by atoms with Gasteiger partial charge in [-0.15, -0.1) is 24.0 Å². The number of hydrogen-bond acceptors (Lipinski definition) is 2. The van der Waals surface area contributed by atoms with Gasteiger partial charge in [-0.25, -0.2) is 4.39 Å². The molecule has 0 aliphatic rings. The molecule has 0 heterocycles. The summed E-state index contributed by atoms with van der Waals surface area (Å²) in [7, 11) is 0.